The molecule has 0 amide bonds. The first-order valence-corrected chi connectivity index (χ1v) is 5.95. The van der Waals surface area contributed by atoms with E-state index in [1.165, 1.54) is 6.07 Å². The molecule has 0 fully saturated rings. The van der Waals surface area contributed by atoms with Gasteiger partial charge in [0.2, 0.25) is 5.95 Å². The second-order valence-corrected chi connectivity index (χ2v) is 3.91. The topological polar surface area (TPSA) is 118 Å². The standard InChI is InChI=1S/C13H14N6O2/c1-20-9-3-4-10(11(6-9)21-2)17-12-5-8(7-14)16-13(18-12)19-15/h3-6H,15H2,1-2H3,(H2,16,17,18,19). The normalized spacial score (nSPS) is 9.62. The van der Waals surface area contributed by atoms with Crippen LogP contribution in [0.4, 0.5) is 17.5 Å². The van der Waals surface area contributed by atoms with Crippen molar-refractivity contribution in [1.29, 1.82) is 5.26 Å². The van der Waals surface area contributed by atoms with Crippen molar-refractivity contribution in [1.82, 2.24) is 9.97 Å². The number of nitrogens with two attached hydrogens (primary N) is 1. The van der Waals surface area contributed by atoms with E-state index in [0.29, 0.717) is 23.0 Å². The predicted molar refractivity (Wildman–Crippen MR) is 77.4 cm³/mol. The average Bonchev–Trinajstić information content (AvgIpc) is 2.54. The zero-order chi connectivity index (χ0) is 15.2. The van der Waals surface area contributed by atoms with Gasteiger partial charge in [-0.3, -0.25) is 5.43 Å². The third-order valence-corrected chi connectivity index (χ3v) is 2.64. The van der Waals surface area contributed by atoms with Crippen LogP contribution >= 0.6 is 0 Å². The van der Waals surface area contributed by atoms with Crippen LogP contribution in [-0.4, -0.2) is 24.2 Å². The molecular weight excluding hydrogens is 272 g/mol. The summed E-state index contributed by atoms with van der Waals surface area (Å²) >= 11 is 0. The number of methoxy groups -OCH3 is 2. The van der Waals surface area contributed by atoms with Crippen LogP contribution in [-0.2, 0) is 0 Å². The maximum atomic E-state index is 8.94. The Morgan fingerprint density at radius 3 is 2.62 bits per heavy atom. The van der Waals surface area contributed by atoms with Crippen molar-refractivity contribution in [3.05, 3.63) is 30.0 Å². The Hall–Kier alpha value is -3.05. The van der Waals surface area contributed by atoms with E-state index in [1.807, 2.05) is 6.07 Å². The van der Waals surface area contributed by atoms with E-state index in [0.717, 1.165) is 0 Å². The summed E-state index contributed by atoms with van der Waals surface area (Å²) in [7, 11) is 3.12. The largest absolute Gasteiger partial charge is 0.497 e. The fourth-order valence-electron chi connectivity index (χ4n) is 1.67. The summed E-state index contributed by atoms with van der Waals surface area (Å²) in [4.78, 5) is 8.00. The highest BCUT2D eigenvalue weighted by Gasteiger charge is 2.08. The van der Waals surface area contributed by atoms with E-state index >= 15 is 0 Å². The molecule has 8 heteroatoms. The molecule has 1 aromatic carbocycles. The SMILES string of the molecule is COc1ccc(Nc2cc(C#N)nc(NN)n2)c(OC)c1. The Morgan fingerprint density at radius 2 is 2.00 bits per heavy atom. The summed E-state index contributed by atoms with van der Waals surface area (Å²) in [6.45, 7) is 0. The van der Waals surface area contributed by atoms with E-state index < -0.39 is 0 Å². The van der Waals surface area contributed by atoms with Crippen LogP contribution in [0, 0.1) is 11.3 Å². The first kappa shape index (κ1) is 14.4. The maximum absolute atomic E-state index is 8.94. The summed E-state index contributed by atoms with van der Waals surface area (Å²) in [6, 6.07) is 8.73. The number of hydrazine groups is 1. The molecule has 0 atom stereocenters. The van der Waals surface area contributed by atoms with Crippen LogP contribution in [0.25, 0.3) is 0 Å². The number of hydrogen-bond donors (Lipinski definition) is 3. The first-order chi connectivity index (χ1) is 10.2. The van der Waals surface area contributed by atoms with Gasteiger partial charge in [-0.15, -0.1) is 0 Å². The lowest BCUT2D eigenvalue weighted by Crippen LogP contribution is -2.12. The van der Waals surface area contributed by atoms with Crippen LogP contribution in [0.5, 0.6) is 11.5 Å². The van der Waals surface area contributed by atoms with Crippen molar-refractivity contribution in [3.63, 3.8) is 0 Å². The molecule has 0 saturated heterocycles. The van der Waals surface area contributed by atoms with Gasteiger partial charge in [-0.1, -0.05) is 0 Å². The second kappa shape index (κ2) is 6.40. The molecule has 0 aliphatic heterocycles. The summed E-state index contributed by atoms with van der Waals surface area (Å²) in [5, 5.41) is 12.0. The van der Waals surface area contributed by atoms with Gasteiger partial charge < -0.3 is 14.8 Å². The quantitative estimate of drug-likeness (QED) is 0.557. The summed E-state index contributed by atoms with van der Waals surface area (Å²) in [5.41, 5.74) is 3.17. The molecule has 0 spiro atoms. The number of anilines is 3. The van der Waals surface area contributed by atoms with Gasteiger partial charge in [0, 0.05) is 12.1 Å². The third-order valence-electron chi connectivity index (χ3n) is 2.64. The molecule has 2 rings (SSSR count). The Kier molecular flexibility index (Phi) is 4.38. The number of nitriles is 1. The van der Waals surface area contributed by atoms with Crippen molar-refractivity contribution < 1.29 is 9.47 Å². The van der Waals surface area contributed by atoms with Gasteiger partial charge in [-0.25, -0.2) is 10.8 Å². The Bertz CT molecular complexity index is 683. The number of benzene rings is 1. The fraction of sp³-hybridized carbons (Fsp3) is 0.154. The summed E-state index contributed by atoms with van der Waals surface area (Å²) < 4.78 is 10.4. The summed E-state index contributed by atoms with van der Waals surface area (Å²) in [5.74, 6) is 7.08. The minimum absolute atomic E-state index is 0.143. The average molecular weight is 286 g/mol. The lowest BCUT2D eigenvalue weighted by molar-refractivity contribution is 0.395. The molecule has 0 aliphatic carbocycles. The van der Waals surface area contributed by atoms with Gasteiger partial charge in [0.05, 0.1) is 19.9 Å². The molecule has 1 aromatic heterocycles. The zero-order valence-electron chi connectivity index (χ0n) is 11.5. The fourth-order valence-corrected chi connectivity index (χ4v) is 1.67. The van der Waals surface area contributed by atoms with Crippen LogP contribution in [0.15, 0.2) is 24.3 Å². The Morgan fingerprint density at radius 1 is 1.19 bits per heavy atom. The van der Waals surface area contributed by atoms with Gasteiger partial charge in [0.15, 0.2) is 0 Å². The molecule has 2 aromatic rings. The molecule has 0 saturated carbocycles. The number of nitrogens with one attached hydrogen (secondary N) is 2. The van der Waals surface area contributed by atoms with E-state index in [-0.39, 0.29) is 11.6 Å². The van der Waals surface area contributed by atoms with E-state index in [9.17, 15) is 0 Å². The van der Waals surface area contributed by atoms with Crippen molar-refractivity contribution >= 4 is 17.5 Å². The maximum Gasteiger partial charge on any atom is 0.240 e. The van der Waals surface area contributed by atoms with E-state index in [4.69, 9.17) is 20.6 Å². The van der Waals surface area contributed by atoms with Gasteiger partial charge in [-0.2, -0.15) is 10.2 Å². The van der Waals surface area contributed by atoms with Gasteiger partial charge in [-0.05, 0) is 12.1 Å². The molecule has 1 heterocycles. The highest BCUT2D eigenvalue weighted by atomic mass is 16.5. The second-order valence-electron chi connectivity index (χ2n) is 3.91. The minimum Gasteiger partial charge on any atom is -0.497 e. The number of hydrogen-bond acceptors (Lipinski definition) is 8. The molecule has 108 valence electrons. The number of aromatic nitrogens is 2. The molecule has 0 radical (unpaired) electrons. The molecular formula is C13H14N6O2. The molecule has 0 unspecified atom stereocenters. The third kappa shape index (κ3) is 3.29. The zero-order valence-corrected chi connectivity index (χ0v) is 11.5. The molecule has 21 heavy (non-hydrogen) atoms. The van der Waals surface area contributed by atoms with Gasteiger partial charge in [0.25, 0.3) is 0 Å². The monoisotopic (exact) mass is 286 g/mol. The van der Waals surface area contributed by atoms with Crippen LogP contribution < -0.4 is 26.1 Å². The van der Waals surface area contributed by atoms with Crippen LogP contribution in [0.2, 0.25) is 0 Å². The number of nitrogens with zero attached hydrogens (tertiary/aromatic N) is 3. The highest BCUT2D eigenvalue weighted by Crippen LogP contribution is 2.31. The molecule has 0 aliphatic rings. The predicted octanol–water partition coefficient (Wildman–Crippen LogP) is 1.39. The van der Waals surface area contributed by atoms with Crippen LogP contribution in [0.3, 0.4) is 0 Å². The number of rotatable bonds is 5. The van der Waals surface area contributed by atoms with Crippen LogP contribution in [0.1, 0.15) is 5.69 Å². The molecule has 4 N–H and O–H groups in total. The van der Waals surface area contributed by atoms with E-state index in [1.54, 1.807) is 32.4 Å². The first-order valence-electron chi connectivity index (χ1n) is 5.95. The summed E-state index contributed by atoms with van der Waals surface area (Å²) in [6.07, 6.45) is 0. The Balaban J connectivity index is 2.36. The minimum atomic E-state index is 0.143. The van der Waals surface area contributed by atoms with E-state index in [2.05, 4.69) is 20.7 Å². The van der Waals surface area contributed by atoms with Crippen molar-refractivity contribution in [2.75, 3.05) is 25.0 Å². The number of ether oxygens (including phenoxy) is 2. The highest BCUT2D eigenvalue weighted by molar-refractivity contribution is 5.66. The molecule has 8 nitrogen and oxygen atoms in total. The Labute approximate surface area is 121 Å². The number of nitrogen functional groups attached to an aromatic ring is 1. The van der Waals surface area contributed by atoms with Gasteiger partial charge in [0.1, 0.15) is 29.1 Å². The van der Waals surface area contributed by atoms with Crippen molar-refractivity contribution in [2.24, 2.45) is 5.84 Å². The van der Waals surface area contributed by atoms with Crippen molar-refractivity contribution in [2.45, 2.75) is 0 Å². The van der Waals surface area contributed by atoms with Crippen molar-refractivity contribution in [3.8, 4) is 17.6 Å². The molecule has 0 bridgehead atoms. The smallest absolute Gasteiger partial charge is 0.240 e. The lowest BCUT2D eigenvalue weighted by atomic mass is 10.2. The van der Waals surface area contributed by atoms with Gasteiger partial charge >= 0.3 is 0 Å². The lowest BCUT2D eigenvalue weighted by Gasteiger charge is -2.12.